The van der Waals surface area contributed by atoms with Crippen LogP contribution < -0.4 is 14.8 Å². The molecule has 158 valence electrons. The Morgan fingerprint density at radius 1 is 1.07 bits per heavy atom. The summed E-state index contributed by atoms with van der Waals surface area (Å²) in [5.41, 5.74) is -0.0950. The van der Waals surface area contributed by atoms with E-state index in [4.69, 9.17) is 9.47 Å². The highest BCUT2D eigenvalue weighted by Crippen LogP contribution is 2.31. The van der Waals surface area contributed by atoms with Crippen molar-refractivity contribution in [2.75, 3.05) is 18.5 Å². The van der Waals surface area contributed by atoms with Gasteiger partial charge in [-0.05, 0) is 44.2 Å². The highest BCUT2D eigenvalue weighted by Gasteiger charge is 2.30. The molecule has 9 heteroatoms. The molecule has 0 radical (unpaired) electrons. The zero-order valence-electron chi connectivity index (χ0n) is 16.4. The largest absolute Gasteiger partial charge is 0.490 e. The number of ether oxygens (including phenoxy) is 2. The number of anilines is 1. The van der Waals surface area contributed by atoms with Gasteiger partial charge >= 0.3 is 6.18 Å². The summed E-state index contributed by atoms with van der Waals surface area (Å²) < 4.78 is 51.3. The first-order chi connectivity index (χ1) is 14.3. The third-order valence-corrected chi connectivity index (χ3v) is 4.02. The van der Waals surface area contributed by atoms with Crippen LogP contribution in [-0.4, -0.2) is 28.9 Å². The Morgan fingerprint density at radius 2 is 1.77 bits per heavy atom. The van der Waals surface area contributed by atoms with Gasteiger partial charge in [0.2, 0.25) is 0 Å². The summed E-state index contributed by atoms with van der Waals surface area (Å²) in [6.07, 6.45) is -4.48. The number of rotatable bonds is 7. The Morgan fingerprint density at radius 3 is 2.43 bits per heavy atom. The summed E-state index contributed by atoms with van der Waals surface area (Å²) in [5.74, 6) is 0.669. The Bertz CT molecular complexity index is 1030. The van der Waals surface area contributed by atoms with Gasteiger partial charge in [0.15, 0.2) is 18.1 Å². The molecule has 0 aliphatic heterocycles. The van der Waals surface area contributed by atoms with E-state index in [9.17, 15) is 18.0 Å². The number of para-hydroxylation sites is 2. The molecule has 2 aromatic carbocycles. The molecule has 3 rings (SSSR count). The number of halogens is 3. The molecule has 0 aliphatic rings. The second kappa shape index (κ2) is 8.89. The average molecular weight is 419 g/mol. The number of nitrogens with one attached hydrogen (secondary N) is 1. The molecule has 0 spiro atoms. The fraction of sp³-hybridized carbons (Fsp3) is 0.238. The lowest BCUT2D eigenvalue weighted by Crippen LogP contribution is -2.22. The molecule has 6 nitrogen and oxygen atoms in total. The van der Waals surface area contributed by atoms with Crippen molar-refractivity contribution >= 4 is 11.7 Å². The van der Waals surface area contributed by atoms with Crippen molar-refractivity contribution in [1.29, 1.82) is 0 Å². The van der Waals surface area contributed by atoms with Crippen LogP contribution in [0.3, 0.4) is 0 Å². The van der Waals surface area contributed by atoms with E-state index in [2.05, 4.69) is 10.4 Å². The molecule has 1 amide bonds. The predicted octanol–water partition coefficient (Wildman–Crippen LogP) is 4.62. The third kappa shape index (κ3) is 5.11. The zero-order valence-corrected chi connectivity index (χ0v) is 16.4. The van der Waals surface area contributed by atoms with Gasteiger partial charge in [0.25, 0.3) is 5.91 Å². The number of hydrogen-bond donors (Lipinski definition) is 1. The first-order valence-electron chi connectivity index (χ1n) is 9.16. The average Bonchev–Trinajstić information content (AvgIpc) is 3.07. The van der Waals surface area contributed by atoms with Crippen LogP contribution in [0.4, 0.5) is 19.0 Å². The maximum absolute atomic E-state index is 13.0. The van der Waals surface area contributed by atoms with Crippen molar-refractivity contribution in [1.82, 2.24) is 9.78 Å². The SMILES string of the molecule is CCOc1ccccc1OCC(=O)Nc1cc(C)nn1-c1cccc(C(F)(F)F)c1. The number of carbonyl (C=O) groups excluding carboxylic acids is 1. The minimum absolute atomic E-state index is 0.177. The Hall–Kier alpha value is -3.49. The maximum Gasteiger partial charge on any atom is 0.416 e. The van der Waals surface area contributed by atoms with E-state index in [0.29, 0.717) is 23.8 Å². The molecule has 30 heavy (non-hydrogen) atoms. The summed E-state index contributed by atoms with van der Waals surface area (Å²) in [5, 5.41) is 6.81. The standard InChI is InChI=1S/C21H20F3N3O3/c1-3-29-17-9-4-5-10-18(17)30-13-20(28)25-19-11-14(2)26-27(19)16-8-6-7-15(12-16)21(22,23)24/h4-12H,3,13H2,1-2H3,(H,25,28). The summed E-state index contributed by atoms with van der Waals surface area (Å²) in [6.45, 7) is 3.65. The van der Waals surface area contributed by atoms with Gasteiger partial charge in [0, 0.05) is 6.07 Å². The van der Waals surface area contributed by atoms with Crippen LogP contribution in [0.25, 0.3) is 5.69 Å². The van der Waals surface area contributed by atoms with E-state index in [-0.39, 0.29) is 18.1 Å². The fourth-order valence-corrected chi connectivity index (χ4v) is 2.77. The molecule has 0 fully saturated rings. The normalized spacial score (nSPS) is 11.2. The van der Waals surface area contributed by atoms with Gasteiger partial charge in [0.1, 0.15) is 5.82 Å². The second-order valence-corrected chi connectivity index (χ2v) is 6.35. The van der Waals surface area contributed by atoms with E-state index in [1.165, 1.54) is 16.8 Å². The first-order valence-corrected chi connectivity index (χ1v) is 9.16. The molecular formula is C21H20F3N3O3. The van der Waals surface area contributed by atoms with E-state index < -0.39 is 17.6 Å². The third-order valence-electron chi connectivity index (χ3n) is 4.02. The van der Waals surface area contributed by atoms with Gasteiger partial charge in [-0.3, -0.25) is 4.79 Å². The van der Waals surface area contributed by atoms with Crippen LogP contribution in [-0.2, 0) is 11.0 Å². The van der Waals surface area contributed by atoms with Crippen molar-refractivity contribution in [3.8, 4) is 17.2 Å². The smallest absolute Gasteiger partial charge is 0.416 e. The van der Waals surface area contributed by atoms with E-state index in [0.717, 1.165) is 12.1 Å². The number of carbonyl (C=O) groups is 1. The highest BCUT2D eigenvalue weighted by molar-refractivity contribution is 5.91. The first kappa shape index (κ1) is 21.2. The van der Waals surface area contributed by atoms with Crippen LogP contribution in [0, 0.1) is 6.92 Å². The highest BCUT2D eigenvalue weighted by atomic mass is 19.4. The van der Waals surface area contributed by atoms with Crippen molar-refractivity contribution in [3.63, 3.8) is 0 Å². The van der Waals surface area contributed by atoms with Crippen molar-refractivity contribution in [3.05, 3.63) is 65.9 Å². The molecule has 1 aromatic heterocycles. The number of hydrogen-bond acceptors (Lipinski definition) is 4. The molecule has 0 saturated carbocycles. The van der Waals surface area contributed by atoms with Gasteiger partial charge < -0.3 is 14.8 Å². The number of nitrogens with zero attached hydrogens (tertiary/aromatic N) is 2. The van der Waals surface area contributed by atoms with Gasteiger partial charge in [-0.2, -0.15) is 18.3 Å². The summed E-state index contributed by atoms with van der Waals surface area (Å²) >= 11 is 0. The molecule has 0 aliphatic carbocycles. The van der Waals surface area contributed by atoms with E-state index in [1.807, 2.05) is 6.92 Å². The molecule has 3 aromatic rings. The Labute approximate surface area is 171 Å². The van der Waals surface area contributed by atoms with Crippen LogP contribution in [0.1, 0.15) is 18.2 Å². The quantitative estimate of drug-likeness (QED) is 0.607. The molecule has 1 heterocycles. The van der Waals surface area contributed by atoms with Crippen LogP contribution >= 0.6 is 0 Å². The van der Waals surface area contributed by atoms with E-state index >= 15 is 0 Å². The number of aryl methyl sites for hydroxylation is 1. The summed E-state index contributed by atoms with van der Waals surface area (Å²) in [7, 11) is 0. The molecule has 0 atom stereocenters. The number of amides is 1. The van der Waals surface area contributed by atoms with Gasteiger partial charge in [-0.15, -0.1) is 0 Å². The topological polar surface area (TPSA) is 65.4 Å². The van der Waals surface area contributed by atoms with Gasteiger partial charge in [-0.25, -0.2) is 4.68 Å². The summed E-state index contributed by atoms with van der Waals surface area (Å²) in [6, 6.07) is 13.2. The lowest BCUT2D eigenvalue weighted by atomic mass is 10.2. The monoisotopic (exact) mass is 419 g/mol. The number of alkyl halides is 3. The van der Waals surface area contributed by atoms with Crippen LogP contribution in [0.5, 0.6) is 11.5 Å². The van der Waals surface area contributed by atoms with Crippen molar-refractivity contribution in [2.24, 2.45) is 0 Å². The zero-order chi connectivity index (χ0) is 21.7. The van der Waals surface area contributed by atoms with Crippen molar-refractivity contribution in [2.45, 2.75) is 20.0 Å². The number of aromatic nitrogens is 2. The molecular weight excluding hydrogens is 399 g/mol. The Balaban J connectivity index is 1.75. The van der Waals surface area contributed by atoms with Crippen molar-refractivity contribution < 1.29 is 27.4 Å². The second-order valence-electron chi connectivity index (χ2n) is 6.35. The molecule has 1 N–H and O–H groups in total. The van der Waals surface area contributed by atoms with Crippen LogP contribution in [0.15, 0.2) is 54.6 Å². The summed E-state index contributed by atoms with van der Waals surface area (Å²) in [4.78, 5) is 12.4. The minimum Gasteiger partial charge on any atom is -0.490 e. The molecule has 0 bridgehead atoms. The van der Waals surface area contributed by atoms with Gasteiger partial charge in [-0.1, -0.05) is 18.2 Å². The predicted molar refractivity (Wildman–Crippen MR) is 105 cm³/mol. The fourth-order valence-electron chi connectivity index (χ4n) is 2.77. The maximum atomic E-state index is 13.0. The lowest BCUT2D eigenvalue weighted by Gasteiger charge is -2.13. The Kier molecular flexibility index (Phi) is 6.29. The van der Waals surface area contributed by atoms with E-state index in [1.54, 1.807) is 37.3 Å². The van der Waals surface area contributed by atoms with Gasteiger partial charge in [0.05, 0.1) is 23.6 Å². The minimum atomic E-state index is -4.48. The lowest BCUT2D eigenvalue weighted by molar-refractivity contribution is -0.137. The molecule has 0 saturated heterocycles. The number of benzene rings is 2. The molecule has 0 unspecified atom stereocenters. The van der Waals surface area contributed by atoms with Crippen LogP contribution in [0.2, 0.25) is 0 Å².